The Morgan fingerprint density at radius 2 is 1.53 bits per heavy atom. The van der Waals surface area contributed by atoms with E-state index in [2.05, 4.69) is 10.6 Å². The molecule has 8 heteroatoms. The van der Waals surface area contributed by atoms with Gasteiger partial charge in [-0.15, -0.1) is 0 Å². The maximum absolute atomic E-state index is 12.8. The minimum Gasteiger partial charge on any atom is -0.467 e. The Morgan fingerprint density at radius 3 is 2.09 bits per heavy atom. The van der Waals surface area contributed by atoms with Gasteiger partial charge in [-0.1, -0.05) is 55.5 Å². The van der Waals surface area contributed by atoms with Crippen LogP contribution in [0, 0.1) is 0 Å². The first kappa shape index (κ1) is 24.7. The molecule has 0 unspecified atom stereocenters. The van der Waals surface area contributed by atoms with Crippen LogP contribution in [0.5, 0.6) is 0 Å². The molecule has 0 aliphatic carbocycles. The van der Waals surface area contributed by atoms with Gasteiger partial charge in [0.05, 0.1) is 13.2 Å². The zero-order valence-corrected chi connectivity index (χ0v) is 18.1. The molecule has 3 N–H and O–H groups in total. The Kier molecular flexibility index (Phi) is 9.56. The Balaban J connectivity index is 2.20. The van der Waals surface area contributed by atoms with E-state index in [0.29, 0.717) is 17.5 Å². The largest absolute Gasteiger partial charge is 0.467 e. The molecule has 2 rings (SSSR count). The molecule has 0 spiro atoms. The van der Waals surface area contributed by atoms with Crippen molar-refractivity contribution in [2.45, 2.75) is 44.4 Å². The van der Waals surface area contributed by atoms with Crippen molar-refractivity contribution in [1.82, 2.24) is 10.6 Å². The number of amides is 2. The van der Waals surface area contributed by atoms with E-state index in [1.165, 1.54) is 7.11 Å². The Morgan fingerprint density at radius 1 is 0.938 bits per heavy atom. The van der Waals surface area contributed by atoms with Crippen LogP contribution in [-0.4, -0.2) is 47.9 Å². The van der Waals surface area contributed by atoms with Crippen LogP contribution in [-0.2, 0) is 19.1 Å². The van der Waals surface area contributed by atoms with E-state index in [1.807, 2.05) is 0 Å². The predicted molar refractivity (Wildman–Crippen MR) is 118 cm³/mol. The summed E-state index contributed by atoms with van der Waals surface area (Å²) in [4.78, 5) is 49.2. The van der Waals surface area contributed by atoms with E-state index >= 15 is 0 Å². The molecule has 2 aromatic rings. The second-order valence-electron chi connectivity index (χ2n) is 7.19. The molecule has 0 aliphatic rings. The number of aliphatic hydroxyl groups excluding tert-OH is 1. The van der Waals surface area contributed by atoms with Crippen LogP contribution in [0.25, 0.3) is 0 Å². The third kappa shape index (κ3) is 7.02. The van der Waals surface area contributed by atoms with Gasteiger partial charge in [0.1, 0.15) is 11.8 Å². The molecule has 2 aromatic carbocycles. The summed E-state index contributed by atoms with van der Waals surface area (Å²) in [6, 6.07) is 14.8. The van der Waals surface area contributed by atoms with E-state index in [4.69, 9.17) is 4.74 Å². The van der Waals surface area contributed by atoms with Gasteiger partial charge in [-0.25, -0.2) is 4.79 Å². The summed E-state index contributed by atoms with van der Waals surface area (Å²) in [6.07, 6.45) is -1.26. The molecule has 0 heterocycles. The molecule has 0 saturated heterocycles. The highest BCUT2D eigenvalue weighted by Gasteiger charge is 2.32. The molecule has 32 heavy (non-hydrogen) atoms. The van der Waals surface area contributed by atoms with Gasteiger partial charge >= 0.3 is 5.97 Å². The topological polar surface area (TPSA) is 122 Å². The average molecular weight is 440 g/mol. The summed E-state index contributed by atoms with van der Waals surface area (Å²) in [6.45, 7) is 1.71. The molecular weight excluding hydrogens is 412 g/mol. The number of aliphatic hydroxyl groups is 1. The Hall–Kier alpha value is -3.52. The fourth-order valence-corrected chi connectivity index (χ4v) is 3.10. The number of ether oxygens (including phenoxy) is 1. The number of benzene rings is 2. The molecule has 3 atom stereocenters. The van der Waals surface area contributed by atoms with Gasteiger partial charge < -0.3 is 20.5 Å². The van der Waals surface area contributed by atoms with Crippen molar-refractivity contribution < 1.29 is 29.0 Å². The van der Waals surface area contributed by atoms with Gasteiger partial charge in [0, 0.05) is 18.4 Å². The number of hydrogen-bond acceptors (Lipinski definition) is 6. The third-order valence-electron chi connectivity index (χ3n) is 4.97. The molecule has 0 saturated carbocycles. The molecule has 0 aliphatic heterocycles. The van der Waals surface area contributed by atoms with Crippen molar-refractivity contribution in [3.05, 3.63) is 71.8 Å². The van der Waals surface area contributed by atoms with Crippen molar-refractivity contribution >= 4 is 23.6 Å². The Bertz CT molecular complexity index is 917. The van der Waals surface area contributed by atoms with E-state index < -0.39 is 36.0 Å². The second kappa shape index (κ2) is 12.4. The number of nitrogens with one attached hydrogen (secondary N) is 2. The monoisotopic (exact) mass is 440 g/mol. The van der Waals surface area contributed by atoms with E-state index in [0.717, 1.165) is 0 Å². The van der Waals surface area contributed by atoms with Crippen molar-refractivity contribution in [2.75, 3.05) is 7.11 Å². The normalized spacial score (nSPS) is 13.3. The molecular formula is C24H28N2O6. The highest BCUT2D eigenvalue weighted by atomic mass is 16.5. The Labute approximate surface area is 187 Å². The highest BCUT2D eigenvalue weighted by molar-refractivity contribution is 5.95. The lowest BCUT2D eigenvalue weighted by molar-refractivity contribution is -0.147. The van der Waals surface area contributed by atoms with Crippen molar-refractivity contribution in [3.8, 4) is 0 Å². The number of carbonyl (C=O) groups is 4. The van der Waals surface area contributed by atoms with Crippen LogP contribution < -0.4 is 10.6 Å². The van der Waals surface area contributed by atoms with Crippen LogP contribution in [0.15, 0.2) is 60.7 Å². The van der Waals surface area contributed by atoms with Crippen LogP contribution >= 0.6 is 0 Å². The lowest BCUT2D eigenvalue weighted by Gasteiger charge is -2.26. The highest BCUT2D eigenvalue weighted by Crippen LogP contribution is 2.19. The number of hydrogen-bond donors (Lipinski definition) is 3. The smallest absolute Gasteiger partial charge is 0.328 e. The number of rotatable bonds is 11. The zero-order valence-electron chi connectivity index (χ0n) is 18.1. The summed E-state index contributed by atoms with van der Waals surface area (Å²) < 4.78 is 4.71. The lowest BCUT2D eigenvalue weighted by atomic mass is 9.99. The number of esters is 1. The first-order valence-corrected chi connectivity index (χ1v) is 10.4. The maximum Gasteiger partial charge on any atom is 0.328 e. The van der Waals surface area contributed by atoms with Crippen LogP contribution in [0.3, 0.4) is 0 Å². The summed E-state index contributed by atoms with van der Waals surface area (Å²) in [5.41, 5.74) is 0.877. The summed E-state index contributed by atoms with van der Waals surface area (Å²) in [7, 11) is 1.17. The van der Waals surface area contributed by atoms with Crippen LogP contribution in [0.2, 0.25) is 0 Å². The maximum atomic E-state index is 12.8. The molecule has 0 radical (unpaired) electrons. The third-order valence-corrected chi connectivity index (χ3v) is 4.97. The molecule has 170 valence electrons. The van der Waals surface area contributed by atoms with Gasteiger partial charge in [-0.05, 0) is 24.1 Å². The van der Waals surface area contributed by atoms with E-state index in [9.17, 15) is 24.3 Å². The SMILES string of the molecule is CCC(=O)CC[C@@H](NC(=O)[C@H](O)[C@@H](NC(=O)c1ccccc1)c1ccccc1)C(=O)OC. The number of carbonyl (C=O) groups excluding carboxylic acids is 4. The summed E-state index contributed by atoms with van der Waals surface area (Å²) in [5.74, 6) is -2.12. The van der Waals surface area contributed by atoms with Crippen molar-refractivity contribution in [2.24, 2.45) is 0 Å². The van der Waals surface area contributed by atoms with Crippen molar-refractivity contribution in [1.29, 1.82) is 0 Å². The lowest BCUT2D eigenvalue weighted by Crippen LogP contribution is -2.50. The summed E-state index contributed by atoms with van der Waals surface area (Å²) in [5, 5.41) is 15.9. The van der Waals surface area contributed by atoms with Gasteiger partial charge in [-0.3, -0.25) is 14.4 Å². The van der Waals surface area contributed by atoms with Crippen LogP contribution in [0.4, 0.5) is 0 Å². The zero-order chi connectivity index (χ0) is 23.5. The fourth-order valence-electron chi connectivity index (χ4n) is 3.10. The molecule has 0 fully saturated rings. The second-order valence-corrected chi connectivity index (χ2v) is 7.19. The number of ketones is 1. The molecule has 8 nitrogen and oxygen atoms in total. The predicted octanol–water partition coefficient (Wildman–Crippen LogP) is 1.94. The van der Waals surface area contributed by atoms with Gasteiger partial charge in [0.25, 0.3) is 11.8 Å². The van der Waals surface area contributed by atoms with Gasteiger partial charge in [0.15, 0.2) is 6.10 Å². The van der Waals surface area contributed by atoms with E-state index in [1.54, 1.807) is 67.6 Å². The van der Waals surface area contributed by atoms with Crippen molar-refractivity contribution in [3.63, 3.8) is 0 Å². The minimum absolute atomic E-state index is 0.0458. The summed E-state index contributed by atoms with van der Waals surface area (Å²) >= 11 is 0. The van der Waals surface area contributed by atoms with Gasteiger partial charge in [-0.2, -0.15) is 0 Å². The number of Topliss-reactive ketones (excluding diaryl/α,β-unsaturated/α-hetero) is 1. The average Bonchev–Trinajstić information content (AvgIpc) is 2.84. The molecule has 0 aromatic heterocycles. The number of methoxy groups -OCH3 is 1. The quantitative estimate of drug-likeness (QED) is 0.459. The molecule has 0 bridgehead atoms. The minimum atomic E-state index is -1.70. The van der Waals surface area contributed by atoms with E-state index in [-0.39, 0.29) is 18.6 Å². The fraction of sp³-hybridized carbons (Fsp3) is 0.333. The molecule has 2 amide bonds. The standard InChI is InChI=1S/C24H28N2O6/c1-3-18(27)14-15-19(24(31)32-2)25-23(30)21(28)20(16-10-6-4-7-11-16)26-22(29)17-12-8-5-9-13-17/h4-13,19-21,28H,3,14-15H2,1-2H3,(H,25,30)(H,26,29)/t19-,20+,21-/m1/s1. The first-order chi connectivity index (χ1) is 15.4. The van der Waals surface area contributed by atoms with Gasteiger partial charge in [0.2, 0.25) is 0 Å². The first-order valence-electron chi connectivity index (χ1n) is 10.4. The van der Waals surface area contributed by atoms with Crippen LogP contribution in [0.1, 0.15) is 48.1 Å².